The first kappa shape index (κ1) is 18.6. The summed E-state index contributed by atoms with van der Waals surface area (Å²) in [5.41, 5.74) is 0.293. The minimum atomic E-state index is -0.650. The Balaban J connectivity index is 2.02. The third-order valence-corrected chi connectivity index (χ3v) is 4.69. The molecule has 6 heteroatoms. The monoisotopic (exact) mass is 340 g/mol. The normalized spacial score (nSPS) is 21.5. The van der Waals surface area contributed by atoms with Crippen molar-refractivity contribution in [3.8, 4) is 0 Å². The van der Waals surface area contributed by atoms with Gasteiger partial charge in [0, 0.05) is 31.1 Å². The molecule has 0 aromatic heterocycles. The maximum atomic E-state index is 14.0. The van der Waals surface area contributed by atoms with Crippen molar-refractivity contribution in [2.24, 2.45) is 5.92 Å². The number of urea groups is 1. The highest BCUT2D eigenvalue weighted by molar-refractivity contribution is 5.74. The van der Waals surface area contributed by atoms with E-state index < -0.39 is 17.7 Å². The Morgan fingerprint density at radius 2 is 2.17 bits per heavy atom. The van der Waals surface area contributed by atoms with Crippen LogP contribution in [-0.4, -0.2) is 35.7 Å². The molecule has 1 saturated carbocycles. The highest BCUT2D eigenvalue weighted by Crippen LogP contribution is 2.26. The lowest BCUT2D eigenvalue weighted by Crippen LogP contribution is -2.42. The summed E-state index contributed by atoms with van der Waals surface area (Å²) in [5.74, 6) is -1.19. The topological polar surface area (TPSA) is 52.6 Å². The smallest absolute Gasteiger partial charge is 0.317 e. The first-order chi connectivity index (χ1) is 11.4. The van der Waals surface area contributed by atoms with Gasteiger partial charge in [-0.25, -0.2) is 13.6 Å². The molecule has 2 amide bonds. The molecule has 2 N–H and O–H groups in total. The summed E-state index contributed by atoms with van der Waals surface area (Å²) in [6.45, 7) is 2.41. The fourth-order valence-electron chi connectivity index (χ4n) is 3.30. The molecule has 0 heterocycles. The number of carbonyl (C=O) groups excluding carboxylic acids is 1. The van der Waals surface area contributed by atoms with Crippen LogP contribution < -0.4 is 5.32 Å². The van der Waals surface area contributed by atoms with Crippen LogP contribution in [0.25, 0.3) is 0 Å². The molecule has 0 radical (unpaired) electrons. The predicted molar refractivity (Wildman–Crippen MR) is 88.5 cm³/mol. The lowest BCUT2D eigenvalue weighted by Gasteiger charge is -2.27. The van der Waals surface area contributed by atoms with E-state index in [9.17, 15) is 18.7 Å². The molecule has 1 aromatic carbocycles. The molecule has 2 rings (SSSR count). The fraction of sp³-hybridized carbons (Fsp3) is 0.611. The van der Waals surface area contributed by atoms with Crippen LogP contribution in [-0.2, 0) is 0 Å². The molecule has 1 aliphatic rings. The van der Waals surface area contributed by atoms with Crippen molar-refractivity contribution in [1.29, 1.82) is 0 Å². The second kappa shape index (κ2) is 8.42. The van der Waals surface area contributed by atoms with E-state index in [0.29, 0.717) is 18.5 Å². The molecule has 0 spiro atoms. The van der Waals surface area contributed by atoms with E-state index in [1.54, 1.807) is 7.05 Å². The predicted octanol–water partition coefficient (Wildman–Crippen LogP) is 3.61. The summed E-state index contributed by atoms with van der Waals surface area (Å²) < 4.78 is 27.1. The largest absolute Gasteiger partial charge is 0.393 e. The molecule has 3 unspecified atom stereocenters. The van der Waals surface area contributed by atoms with E-state index in [1.807, 2.05) is 6.92 Å². The zero-order valence-electron chi connectivity index (χ0n) is 14.3. The maximum Gasteiger partial charge on any atom is 0.317 e. The Labute approximate surface area is 141 Å². The zero-order valence-corrected chi connectivity index (χ0v) is 14.3. The van der Waals surface area contributed by atoms with Gasteiger partial charge in [0.05, 0.1) is 12.1 Å². The number of carbonyl (C=O) groups is 1. The van der Waals surface area contributed by atoms with Crippen molar-refractivity contribution >= 4 is 6.03 Å². The summed E-state index contributed by atoms with van der Waals surface area (Å²) in [6.07, 6.45) is 3.62. The van der Waals surface area contributed by atoms with Crippen LogP contribution in [0.1, 0.15) is 50.6 Å². The molecule has 1 fully saturated rings. The summed E-state index contributed by atoms with van der Waals surface area (Å²) in [4.78, 5) is 13.9. The summed E-state index contributed by atoms with van der Waals surface area (Å²) in [6, 6.07) is 2.61. The minimum Gasteiger partial charge on any atom is -0.393 e. The van der Waals surface area contributed by atoms with Crippen molar-refractivity contribution in [3.63, 3.8) is 0 Å². The van der Waals surface area contributed by atoms with Gasteiger partial charge in [-0.1, -0.05) is 25.8 Å². The van der Waals surface area contributed by atoms with E-state index in [-0.39, 0.29) is 18.1 Å². The lowest BCUT2D eigenvalue weighted by molar-refractivity contribution is 0.113. The van der Waals surface area contributed by atoms with Gasteiger partial charge >= 0.3 is 6.03 Å². The Morgan fingerprint density at radius 3 is 2.75 bits per heavy atom. The van der Waals surface area contributed by atoms with Crippen LogP contribution in [0.4, 0.5) is 13.6 Å². The molecular weight excluding hydrogens is 314 g/mol. The van der Waals surface area contributed by atoms with Gasteiger partial charge in [-0.2, -0.15) is 0 Å². The molecule has 134 valence electrons. The number of aliphatic hydroxyl groups is 1. The maximum absolute atomic E-state index is 14.0. The number of amides is 2. The minimum absolute atomic E-state index is 0.0907. The lowest BCUT2D eigenvalue weighted by atomic mass is 10.0. The van der Waals surface area contributed by atoms with Gasteiger partial charge in [0.25, 0.3) is 0 Å². The van der Waals surface area contributed by atoms with E-state index in [0.717, 1.165) is 31.7 Å². The number of hydrogen-bond donors (Lipinski definition) is 2. The van der Waals surface area contributed by atoms with Gasteiger partial charge in [0.2, 0.25) is 0 Å². The van der Waals surface area contributed by atoms with E-state index in [2.05, 4.69) is 5.32 Å². The molecule has 0 aliphatic heterocycles. The zero-order chi connectivity index (χ0) is 17.7. The van der Waals surface area contributed by atoms with Gasteiger partial charge in [0.1, 0.15) is 11.6 Å². The van der Waals surface area contributed by atoms with Crippen molar-refractivity contribution in [1.82, 2.24) is 10.2 Å². The molecule has 3 atom stereocenters. The highest BCUT2D eigenvalue weighted by Gasteiger charge is 2.28. The van der Waals surface area contributed by atoms with Crippen LogP contribution in [0.3, 0.4) is 0 Å². The van der Waals surface area contributed by atoms with Crippen LogP contribution in [0.15, 0.2) is 18.2 Å². The summed E-state index contributed by atoms with van der Waals surface area (Å²) in [7, 11) is 1.67. The second-order valence-electron chi connectivity index (χ2n) is 6.60. The fourth-order valence-corrected chi connectivity index (χ4v) is 3.30. The van der Waals surface area contributed by atoms with Crippen LogP contribution in [0.2, 0.25) is 0 Å². The first-order valence-electron chi connectivity index (χ1n) is 8.57. The third-order valence-electron chi connectivity index (χ3n) is 4.69. The molecule has 0 saturated heterocycles. The first-order valence-corrected chi connectivity index (χ1v) is 8.57. The average Bonchev–Trinajstić information content (AvgIpc) is 2.92. The number of aliphatic hydroxyl groups excluding tert-OH is 1. The third kappa shape index (κ3) is 4.66. The SMILES string of the molecule is CCCC(NC(=O)N(C)CC1CCCC1O)c1ccc(F)cc1F. The number of benzene rings is 1. The van der Waals surface area contributed by atoms with Gasteiger partial charge in [-0.15, -0.1) is 0 Å². The van der Waals surface area contributed by atoms with Crippen LogP contribution in [0.5, 0.6) is 0 Å². The van der Waals surface area contributed by atoms with Gasteiger partial charge in [-0.05, 0) is 25.3 Å². The van der Waals surface area contributed by atoms with E-state index in [4.69, 9.17) is 0 Å². The molecule has 4 nitrogen and oxygen atoms in total. The highest BCUT2D eigenvalue weighted by atomic mass is 19.1. The average molecular weight is 340 g/mol. The second-order valence-corrected chi connectivity index (χ2v) is 6.60. The number of hydrogen-bond acceptors (Lipinski definition) is 2. The van der Waals surface area contributed by atoms with Gasteiger partial charge in [-0.3, -0.25) is 0 Å². The molecule has 0 bridgehead atoms. The molecule has 1 aromatic rings. The standard InChI is InChI=1S/C18H26F2N2O2/c1-3-5-16(14-9-8-13(19)10-15(14)20)21-18(24)22(2)11-12-6-4-7-17(12)23/h8-10,12,16-17,23H,3-7,11H2,1-2H3,(H,21,24). The summed E-state index contributed by atoms with van der Waals surface area (Å²) >= 11 is 0. The molecule has 24 heavy (non-hydrogen) atoms. The Hall–Kier alpha value is -1.69. The van der Waals surface area contributed by atoms with Crippen LogP contribution >= 0.6 is 0 Å². The quantitative estimate of drug-likeness (QED) is 0.831. The Kier molecular flexibility index (Phi) is 6.54. The van der Waals surface area contributed by atoms with Crippen molar-refractivity contribution < 1.29 is 18.7 Å². The van der Waals surface area contributed by atoms with Gasteiger partial charge in [0.15, 0.2) is 0 Å². The Bertz CT molecular complexity index is 568. The number of nitrogens with zero attached hydrogens (tertiary/aromatic N) is 1. The van der Waals surface area contributed by atoms with Gasteiger partial charge < -0.3 is 15.3 Å². The van der Waals surface area contributed by atoms with E-state index >= 15 is 0 Å². The number of nitrogens with one attached hydrogen (secondary N) is 1. The van der Waals surface area contributed by atoms with Crippen molar-refractivity contribution in [2.45, 2.75) is 51.2 Å². The van der Waals surface area contributed by atoms with E-state index in [1.165, 1.54) is 17.0 Å². The number of rotatable bonds is 6. The number of halogens is 2. The molecule has 1 aliphatic carbocycles. The Morgan fingerprint density at radius 1 is 1.42 bits per heavy atom. The molecular formula is C18H26F2N2O2. The van der Waals surface area contributed by atoms with Crippen molar-refractivity contribution in [2.75, 3.05) is 13.6 Å². The van der Waals surface area contributed by atoms with Crippen molar-refractivity contribution in [3.05, 3.63) is 35.4 Å². The van der Waals surface area contributed by atoms with Crippen LogP contribution in [0, 0.1) is 17.6 Å². The summed E-state index contributed by atoms with van der Waals surface area (Å²) in [5, 5.41) is 12.7.